The van der Waals surface area contributed by atoms with Crippen LogP contribution in [0, 0.1) is 5.92 Å². The lowest BCUT2D eigenvalue weighted by Gasteiger charge is -2.16. The highest BCUT2D eigenvalue weighted by molar-refractivity contribution is 8.14. The van der Waals surface area contributed by atoms with Crippen LogP contribution < -0.4 is 5.32 Å². The second-order valence-corrected chi connectivity index (χ2v) is 6.34. The number of rotatable bonds is 3. The number of aromatic nitrogens is 1. The fraction of sp³-hybridized carbons (Fsp3) is 0.417. The van der Waals surface area contributed by atoms with Crippen LogP contribution in [0.1, 0.15) is 19.3 Å². The van der Waals surface area contributed by atoms with Gasteiger partial charge >= 0.3 is 6.03 Å². The van der Waals surface area contributed by atoms with Crippen molar-refractivity contribution >= 4 is 50.9 Å². The van der Waals surface area contributed by atoms with Crippen LogP contribution in [0.3, 0.4) is 0 Å². The van der Waals surface area contributed by atoms with Crippen LogP contribution in [0.15, 0.2) is 21.6 Å². The number of hydrogen-bond acceptors (Lipinski definition) is 5. The number of hydrogen-bond donors (Lipinski definition) is 1. The van der Waals surface area contributed by atoms with E-state index in [0.717, 1.165) is 30.0 Å². The van der Waals surface area contributed by atoms with Crippen LogP contribution in [-0.2, 0) is 4.79 Å². The van der Waals surface area contributed by atoms with E-state index in [1.54, 1.807) is 11.6 Å². The molecule has 0 aromatic carbocycles. The lowest BCUT2D eigenvalue weighted by atomic mass is 10.1. The van der Waals surface area contributed by atoms with E-state index in [1.807, 2.05) is 0 Å². The molecule has 3 amide bonds. The maximum Gasteiger partial charge on any atom is 0.367 e. The molecule has 104 valence electrons. The highest BCUT2D eigenvalue weighted by Gasteiger charge is 2.32. The third-order valence-corrected chi connectivity index (χ3v) is 4.87. The Morgan fingerprint density at radius 2 is 2.40 bits per heavy atom. The molecule has 1 atom stereocenters. The van der Waals surface area contributed by atoms with Crippen molar-refractivity contribution in [1.29, 1.82) is 0 Å². The minimum absolute atomic E-state index is 0.137. The van der Waals surface area contributed by atoms with E-state index in [1.165, 1.54) is 23.1 Å². The molecule has 1 unspecified atom stereocenters. The number of thioether (sulfide) groups is 1. The van der Waals surface area contributed by atoms with Gasteiger partial charge in [0, 0.05) is 23.2 Å². The molecule has 1 N–H and O–H groups in total. The summed E-state index contributed by atoms with van der Waals surface area (Å²) in [6.07, 6.45) is 4.49. The number of aliphatic imine (C=N–C) groups is 2. The van der Waals surface area contributed by atoms with E-state index >= 15 is 0 Å². The van der Waals surface area contributed by atoms with Crippen LogP contribution in [0.5, 0.6) is 0 Å². The Balaban J connectivity index is 1.58. The first-order chi connectivity index (χ1) is 9.72. The molecule has 1 aromatic rings. The number of amides is 3. The van der Waals surface area contributed by atoms with Crippen LogP contribution in [0.4, 0.5) is 9.93 Å². The number of fused-ring (bicyclic) bond motifs is 1. The van der Waals surface area contributed by atoms with E-state index in [4.69, 9.17) is 0 Å². The molecule has 1 aliphatic heterocycles. The van der Waals surface area contributed by atoms with Crippen molar-refractivity contribution in [2.45, 2.75) is 19.3 Å². The van der Waals surface area contributed by atoms with Gasteiger partial charge in [0.15, 0.2) is 5.13 Å². The summed E-state index contributed by atoms with van der Waals surface area (Å²) in [7, 11) is 0. The Morgan fingerprint density at radius 3 is 3.20 bits per heavy atom. The second kappa shape index (κ2) is 5.84. The van der Waals surface area contributed by atoms with E-state index in [-0.39, 0.29) is 17.6 Å². The number of carbonyl (C=O) groups is 2. The molecule has 6 nitrogen and oxygen atoms in total. The van der Waals surface area contributed by atoms with Gasteiger partial charge in [-0.2, -0.15) is 4.99 Å². The van der Waals surface area contributed by atoms with Crippen molar-refractivity contribution < 1.29 is 9.59 Å². The first kappa shape index (κ1) is 13.4. The number of thiazole rings is 1. The zero-order valence-corrected chi connectivity index (χ0v) is 12.2. The van der Waals surface area contributed by atoms with Crippen molar-refractivity contribution in [3.05, 3.63) is 11.6 Å². The van der Waals surface area contributed by atoms with Gasteiger partial charge in [-0.3, -0.25) is 4.79 Å². The SMILES string of the molecule is O=C1N=C2CCCC2C(SCC(=O)Nc2nccs2)=N1. The minimum Gasteiger partial charge on any atom is -0.301 e. The summed E-state index contributed by atoms with van der Waals surface area (Å²) in [5.74, 6) is 0.239. The van der Waals surface area contributed by atoms with Crippen LogP contribution >= 0.6 is 23.1 Å². The molecule has 2 aliphatic rings. The second-order valence-electron chi connectivity index (χ2n) is 4.45. The quantitative estimate of drug-likeness (QED) is 0.930. The maximum atomic E-state index is 11.8. The highest BCUT2D eigenvalue weighted by Crippen LogP contribution is 2.31. The van der Waals surface area contributed by atoms with Gasteiger partial charge in [-0.25, -0.2) is 14.8 Å². The lowest BCUT2D eigenvalue weighted by Crippen LogP contribution is -2.24. The summed E-state index contributed by atoms with van der Waals surface area (Å²) >= 11 is 2.69. The third-order valence-electron chi connectivity index (χ3n) is 3.10. The van der Waals surface area contributed by atoms with E-state index in [0.29, 0.717) is 5.13 Å². The monoisotopic (exact) mass is 308 g/mol. The Bertz CT molecular complexity index is 595. The van der Waals surface area contributed by atoms with Crippen LogP contribution in [-0.4, -0.2) is 33.4 Å². The Hall–Kier alpha value is -1.54. The first-order valence-corrected chi connectivity index (χ1v) is 8.11. The largest absolute Gasteiger partial charge is 0.367 e. The average molecular weight is 308 g/mol. The summed E-state index contributed by atoms with van der Waals surface area (Å²) in [4.78, 5) is 35.1. The van der Waals surface area contributed by atoms with Gasteiger partial charge in [-0.15, -0.1) is 11.3 Å². The average Bonchev–Trinajstić information content (AvgIpc) is 3.06. The fourth-order valence-corrected chi connectivity index (χ4v) is 3.75. The zero-order valence-electron chi connectivity index (χ0n) is 10.5. The van der Waals surface area contributed by atoms with E-state index in [2.05, 4.69) is 20.3 Å². The fourth-order valence-electron chi connectivity index (χ4n) is 2.26. The molecule has 1 saturated carbocycles. The molecule has 8 heteroatoms. The van der Waals surface area contributed by atoms with Gasteiger partial charge in [-0.05, 0) is 19.3 Å². The van der Waals surface area contributed by atoms with Crippen molar-refractivity contribution in [1.82, 2.24) is 4.98 Å². The molecule has 0 radical (unpaired) electrons. The van der Waals surface area contributed by atoms with Gasteiger partial charge < -0.3 is 5.32 Å². The molecule has 0 bridgehead atoms. The number of carbonyl (C=O) groups excluding carboxylic acids is 2. The van der Waals surface area contributed by atoms with Crippen molar-refractivity contribution in [2.75, 3.05) is 11.1 Å². The van der Waals surface area contributed by atoms with E-state index < -0.39 is 6.03 Å². The van der Waals surface area contributed by atoms with E-state index in [9.17, 15) is 9.59 Å². The molecule has 1 fully saturated rings. The molecular weight excluding hydrogens is 296 g/mol. The lowest BCUT2D eigenvalue weighted by molar-refractivity contribution is -0.113. The molecule has 2 heterocycles. The van der Waals surface area contributed by atoms with Gasteiger partial charge in [0.2, 0.25) is 5.91 Å². The number of anilines is 1. The molecule has 1 aromatic heterocycles. The predicted molar refractivity (Wildman–Crippen MR) is 80.8 cm³/mol. The summed E-state index contributed by atoms with van der Waals surface area (Å²) in [5.41, 5.74) is 0.924. The zero-order chi connectivity index (χ0) is 13.9. The molecule has 0 spiro atoms. The predicted octanol–water partition coefficient (Wildman–Crippen LogP) is 2.59. The maximum absolute atomic E-state index is 11.8. The van der Waals surface area contributed by atoms with Crippen molar-refractivity contribution in [3.63, 3.8) is 0 Å². The van der Waals surface area contributed by atoms with Gasteiger partial charge in [0.1, 0.15) is 0 Å². The molecule has 3 rings (SSSR count). The van der Waals surface area contributed by atoms with Gasteiger partial charge in [0.25, 0.3) is 0 Å². The summed E-state index contributed by atoms with van der Waals surface area (Å²) in [6.45, 7) is 0. The summed E-state index contributed by atoms with van der Waals surface area (Å²) in [5, 5.41) is 5.82. The number of nitrogens with zero attached hydrogens (tertiary/aromatic N) is 3. The standard InChI is InChI=1S/C12H12N4O2S2/c17-9(15-12-13-4-5-19-12)6-20-10-7-2-1-3-8(7)14-11(18)16-10/h4-5,7H,1-3,6H2,(H,13,15,17). The van der Waals surface area contributed by atoms with Crippen molar-refractivity contribution in [2.24, 2.45) is 15.9 Å². The Kier molecular flexibility index (Phi) is 3.93. The van der Waals surface area contributed by atoms with Crippen LogP contribution in [0.25, 0.3) is 0 Å². The first-order valence-electron chi connectivity index (χ1n) is 6.24. The normalized spacial score (nSPS) is 21.2. The third kappa shape index (κ3) is 2.96. The smallest absolute Gasteiger partial charge is 0.301 e. The topological polar surface area (TPSA) is 83.8 Å². The van der Waals surface area contributed by atoms with Gasteiger partial charge in [-0.1, -0.05) is 11.8 Å². The van der Waals surface area contributed by atoms with Gasteiger partial charge in [0.05, 0.1) is 10.8 Å². The molecule has 20 heavy (non-hydrogen) atoms. The Morgan fingerprint density at radius 1 is 1.50 bits per heavy atom. The number of urea groups is 1. The molecule has 0 saturated heterocycles. The highest BCUT2D eigenvalue weighted by atomic mass is 32.2. The minimum atomic E-state index is -0.444. The Labute approximate surface area is 123 Å². The molecule has 1 aliphatic carbocycles. The molecular formula is C12H12N4O2S2. The summed E-state index contributed by atoms with van der Waals surface area (Å²) in [6, 6.07) is -0.444. The number of nitrogens with one attached hydrogen (secondary N) is 1. The van der Waals surface area contributed by atoms with Crippen molar-refractivity contribution in [3.8, 4) is 0 Å². The van der Waals surface area contributed by atoms with Crippen LogP contribution in [0.2, 0.25) is 0 Å². The summed E-state index contributed by atoms with van der Waals surface area (Å²) < 4.78 is 0.